The van der Waals surface area contributed by atoms with Crippen LogP contribution in [0.15, 0.2) is 60.7 Å². The molecule has 0 bridgehead atoms. The molecule has 0 fully saturated rings. The van der Waals surface area contributed by atoms with Crippen LogP contribution in [0.2, 0.25) is 0 Å². The third kappa shape index (κ3) is 14.5. The first kappa shape index (κ1) is 31.9. The number of aliphatic carboxylic acids is 3. The molecule has 2 aromatic carbocycles. The average Bonchev–Trinajstić information content (AvgIpc) is 2.90. The average molecular weight is 550 g/mol. The SMILES string of the molecule is NCC(=O)O.O=C(O)CCC(NC(=O)OCc1ccccc1)C(=O)NC(CSCc1ccccc1)C(=O)O. The number of ether oxygens (including phenoxy) is 1. The van der Waals surface area contributed by atoms with Crippen molar-refractivity contribution in [3.63, 3.8) is 0 Å². The fraction of sp³-hybridized carbons (Fsp3) is 0.320. The molecular formula is C25H31N3O9S. The zero-order valence-corrected chi connectivity index (χ0v) is 21.3. The van der Waals surface area contributed by atoms with E-state index in [1.54, 1.807) is 24.3 Å². The maximum atomic E-state index is 12.7. The number of rotatable bonds is 14. The van der Waals surface area contributed by atoms with Crippen molar-refractivity contribution >= 4 is 41.7 Å². The summed E-state index contributed by atoms with van der Waals surface area (Å²) in [5, 5.41) is 30.7. The number of hydrogen-bond donors (Lipinski definition) is 6. The number of alkyl carbamates (subject to hydrolysis) is 1. The third-order valence-electron chi connectivity index (χ3n) is 4.65. The first-order chi connectivity index (χ1) is 18.1. The van der Waals surface area contributed by atoms with Crippen molar-refractivity contribution in [2.24, 2.45) is 5.73 Å². The lowest BCUT2D eigenvalue weighted by Gasteiger charge is -2.21. The summed E-state index contributed by atoms with van der Waals surface area (Å²) < 4.78 is 5.08. The Kier molecular flexibility index (Phi) is 15.3. The minimum atomic E-state index is -1.26. The molecule has 13 heteroatoms. The zero-order valence-electron chi connectivity index (χ0n) is 20.4. The second kappa shape index (κ2) is 18.2. The Balaban J connectivity index is 0.00000132. The van der Waals surface area contributed by atoms with Gasteiger partial charge in [-0.2, -0.15) is 11.8 Å². The summed E-state index contributed by atoms with van der Waals surface area (Å²) in [5.74, 6) is -3.48. The van der Waals surface area contributed by atoms with E-state index >= 15 is 0 Å². The molecule has 0 saturated heterocycles. The molecule has 2 rings (SSSR count). The van der Waals surface area contributed by atoms with E-state index in [1.165, 1.54) is 11.8 Å². The van der Waals surface area contributed by atoms with Gasteiger partial charge >= 0.3 is 24.0 Å². The molecule has 0 spiro atoms. The van der Waals surface area contributed by atoms with Crippen LogP contribution in [0.5, 0.6) is 0 Å². The van der Waals surface area contributed by atoms with E-state index < -0.39 is 48.4 Å². The van der Waals surface area contributed by atoms with Crippen molar-refractivity contribution in [1.29, 1.82) is 0 Å². The van der Waals surface area contributed by atoms with Gasteiger partial charge in [0, 0.05) is 17.9 Å². The van der Waals surface area contributed by atoms with Gasteiger partial charge in [0.1, 0.15) is 18.7 Å². The number of carbonyl (C=O) groups excluding carboxylic acids is 2. The Hall–Kier alpha value is -4.10. The minimum Gasteiger partial charge on any atom is -0.481 e. The number of nitrogens with two attached hydrogens (primary N) is 1. The number of thioether (sulfide) groups is 1. The van der Waals surface area contributed by atoms with Crippen molar-refractivity contribution in [2.75, 3.05) is 12.3 Å². The molecule has 0 aliphatic heterocycles. The van der Waals surface area contributed by atoms with Crippen molar-refractivity contribution in [2.45, 2.75) is 37.3 Å². The summed E-state index contributed by atoms with van der Waals surface area (Å²) in [6.45, 7) is -0.312. The molecule has 0 aliphatic carbocycles. The number of carbonyl (C=O) groups is 5. The summed E-state index contributed by atoms with van der Waals surface area (Å²) in [7, 11) is 0. The molecule has 206 valence electrons. The quantitative estimate of drug-likeness (QED) is 0.200. The number of amides is 2. The summed E-state index contributed by atoms with van der Waals surface area (Å²) in [5.41, 5.74) is 6.32. The number of carboxylic acid groups (broad SMARTS) is 3. The maximum absolute atomic E-state index is 12.7. The largest absolute Gasteiger partial charge is 0.481 e. The van der Waals surface area contributed by atoms with Crippen LogP contribution in [-0.4, -0.2) is 69.6 Å². The monoisotopic (exact) mass is 549 g/mol. The molecule has 0 aliphatic rings. The van der Waals surface area contributed by atoms with Crippen LogP contribution >= 0.6 is 11.8 Å². The van der Waals surface area contributed by atoms with Crippen molar-refractivity contribution < 1.29 is 44.0 Å². The Morgan fingerprint density at radius 3 is 1.87 bits per heavy atom. The van der Waals surface area contributed by atoms with E-state index in [0.29, 0.717) is 5.75 Å². The van der Waals surface area contributed by atoms with E-state index in [9.17, 15) is 29.1 Å². The van der Waals surface area contributed by atoms with Crippen LogP contribution in [0.1, 0.15) is 24.0 Å². The Bertz CT molecular complexity index is 1040. The van der Waals surface area contributed by atoms with Gasteiger partial charge in [0.05, 0.1) is 6.54 Å². The van der Waals surface area contributed by atoms with Gasteiger partial charge in [0.25, 0.3) is 0 Å². The van der Waals surface area contributed by atoms with E-state index in [-0.39, 0.29) is 25.3 Å². The van der Waals surface area contributed by atoms with E-state index in [4.69, 9.17) is 14.9 Å². The standard InChI is InChI=1S/C23H26N2O7S.C2H5NO2/c26-20(27)12-11-18(25-23(31)32-13-16-7-3-1-4-8-16)21(28)24-19(22(29)30)15-33-14-17-9-5-2-6-10-17;3-1-2(4)5/h1-10,18-19H,11-15H2,(H,24,28)(H,25,31)(H,26,27)(H,29,30);1,3H2,(H,4,5). The second-order valence-corrected chi connectivity index (χ2v) is 8.72. The lowest BCUT2D eigenvalue weighted by Crippen LogP contribution is -2.52. The van der Waals surface area contributed by atoms with E-state index in [1.807, 2.05) is 36.4 Å². The van der Waals surface area contributed by atoms with Gasteiger partial charge in [-0.3, -0.25) is 14.4 Å². The van der Waals surface area contributed by atoms with E-state index in [2.05, 4.69) is 16.4 Å². The van der Waals surface area contributed by atoms with Gasteiger partial charge in [-0.25, -0.2) is 9.59 Å². The fourth-order valence-corrected chi connectivity index (χ4v) is 3.77. The van der Waals surface area contributed by atoms with Crippen LogP contribution in [0.25, 0.3) is 0 Å². The topological polar surface area (TPSA) is 205 Å². The Morgan fingerprint density at radius 1 is 0.816 bits per heavy atom. The van der Waals surface area contributed by atoms with Crippen LogP contribution < -0.4 is 16.4 Å². The third-order valence-corrected chi connectivity index (χ3v) is 5.76. The summed E-state index contributed by atoms with van der Waals surface area (Å²) in [6.07, 6.45) is -1.52. The summed E-state index contributed by atoms with van der Waals surface area (Å²) in [6, 6.07) is 15.9. The predicted octanol–water partition coefficient (Wildman–Crippen LogP) is 1.68. The first-order valence-corrected chi connectivity index (χ1v) is 12.5. The molecule has 2 unspecified atom stereocenters. The molecule has 38 heavy (non-hydrogen) atoms. The van der Waals surface area contributed by atoms with Gasteiger partial charge in [0.2, 0.25) is 5.91 Å². The molecule has 12 nitrogen and oxygen atoms in total. The number of benzene rings is 2. The molecule has 0 heterocycles. The van der Waals surface area contributed by atoms with Gasteiger partial charge < -0.3 is 36.4 Å². The number of hydrogen-bond acceptors (Lipinski definition) is 8. The molecule has 0 saturated carbocycles. The van der Waals surface area contributed by atoms with Gasteiger partial charge in [-0.15, -0.1) is 0 Å². The van der Waals surface area contributed by atoms with E-state index in [0.717, 1.165) is 11.1 Å². The normalized spacial score (nSPS) is 11.6. The smallest absolute Gasteiger partial charge is 0.408 e. The van der Waals surface area contributed by atoms with Crippen LogP contribution in [0, 0.1) is 0 Å². The van der Waals surface area contributed by atoms with Gasteiger partial charge in [0.15, 0.2) is 0 Å². The predicted molar refractivity (Wildman–Crippen MR) is 139 cm³/mol. The minimum absolute atomic E-state index is 0.0339. The molecule has 2 amide bonds. The van der Waals surface area contributed by atoms with Gasteiger partial charge in [-0.1, -0.05) is 60.7 Å². The Labute approximate surface area is 223 Å². The van der Waals surface area contributed by atoms with Crippen LogP contribution in [-0.2, 0) is 36.3 Å². The zero-order chi connectivity index (χ0) is 28.3. The molecule has 2 aromatic rings. The molecule has 7 N–H and O–H groups in total. The number of nitrogens with one attached hydrogen (secondary N) is 2. The molecule has 0 radical (unpaired) electrons. The highest BCUT2D eigenvalue weighted by atomic mass is 32.2. The number of carboxylic acids is 3. The van der Waals surface area contributed by atoms with Crippen molar-refractivity contribution in [3.05, 3.63) is 71.8 Å². The van der Waals surface area contributed by atoms with Crippen LogP contribution in [0.3, 0.4) is 0 Å². The van der Waals surface area contributed by atoms with Crippen LogP contribution in [0.4, 0.5) is 4.79 Å². The lowest BCUT2D eigenvalue weighted by molar-refractivity contribution is -0.142. The molecule has 0 aromatic heterocycles. The second-order valence-electron chi connectivity index (χ2n) is 7.69. The Morgan fingerprint density at radius 2 is 1.37 bits per heavy atom. The highest BCUT2D eigenvalue weighted by molar-refractivity contribution is 7.98. The molecule has 2 atom stereocenters. The molecular weight excluding hydrogens is 518 g/mol. The highest BCUT2D eigenvalue weighted by Gasteiger charge is 2.27. The summed E-state index contributed by atoms with van der Waals surface area (Å²) in [4.78, 5) is 56.6. The van der Waals surface area contributed by atoms with Crippen molar-refractivity contribution in [1.82, 2.24) is 10.6 Å². The first-order valence-electron chi connectivity index (χ1n) is 11.4. The highest BCUT2D eigenvalue weighted by Crippen LogP contribution is 2.13. The summed E-state index contributed by atoms with van der Waals surface area (Å²) >= 11 is 1.33. The van der Waals surface area contributed by atoms with Crippen molar-refractivity contribution in [3.8, 4) is 0 Å². The maximum Gasteiger partial charge on any atom is 0.408 e. The van der Waals surface area contributed by atoms with Gasteiger partial charge in [-0.05, 0) is 17.5 Å². The fourth-order valence-electron chi connectivity index (χ4n) is 2.76. The lowest BCUT2D eigenvalue weighted by atomic mass is 10.1.